The van der Waals surface area contributed by atoms with Crippen LogP contribution in [0.15, 0.2) is 0 Å². The SMILES string of the molecule is NC(=O)CNCC1CCCCC1O. The van der Waals surface area contributed by atoms with Crippen LogP contribution in [0.4, 0.5) is 0 Å². The molecule has 1 aliphatic carbocycles. The Morgan fingerprint density at radius 1 is 1.46 bits per heavy atom. The van der Waals surface area contributed by atoms with E-state index in [0.29, 0.717) is 12.5 Å². The van der Waals surface area contributed by atoms with Gasteiger partial charge in [-0.2, -0.15) is 0 Å². The van der Waals surface area contributed by atoms with Crippen LogP contribution >= 0.6 is 0 Å². The molecule has 76 valence electrons. The topological polar surface area (TPSA) is 75.4 Å². The van der Waals surface area contributed by atoms with Crippen molar-refractivity contribution >= 4 is 5.91 Å². The van der Waals surface area contributed by atoms with Crippen molar-refractivity contribution < 1.29 is 9.90 Å². The number of nitrogens with two attached hydrogens (primary N) is 1. The predicted molar refractivity (Wildman–Crippen MR) is 50.0 cm³/mol. The summed E-state index contributed by atoms with van der Waals surface area (Å²) in [5.41, 5.74) is 4.98. The van der Waals surface area contributed by atoms with Crippen LogP contribution in [-0.2, 0) is 4.79 Å². The van der Waals surface area contributed by atoms with Crippen molar-refractivity contribution in [2.75, 3.05) is 13.1 Å². The van der Waals surface area contributed by atoms with Gasteiger partial charge in [-0.25, -0.2) is 0 Å². The van der Waals surface area contributed by atoms with Gasteiger partial charge in [0.15, 0.2) is 0 Å². The molecule has 1 amide bonds. The highest BCUT2D eigenvalue weighted by Crippen LogP contribution is 2.23. The molecule has 13 heavy (non-hydrogen) atoms. The molecule has 0 saturated heterocycles. The molecule has 0 heterocycles. The highest BCUT2D eigenvalue weighted by molar-refractivity contribution is 5.75. The number of carbonyl (C=O) groups is 1. The highest BCUT2D eigenvalue weighted by atomic mass is 16.3. The van der Waals surface area contributed by atoms with Crippen molar-refractivity contribution in [2.45, 2.75) is 31.8 Å². The maximum atomic E-state index is 10.4. The minimum atomic E-state index is -0.342. The summed E-state index contributed by atoms with van der Waals surface area (Å²) in [5, 5.41) is 12.5. The third-order valence-corrected chi connectivity index (χ3v) is 2.57. The fraction of sp³-hybridized carbons (Fsp3) is 0.889. The molecule has 1 aliphatic rings. The number of aliphatic hydroxyl groups excluding tert-OH is 1. The van der Waals surface area contributed by atoms with Gasteiger partial charge in [0, 0.05) is 6.54 Å². The molecule has 0 aromatic heterocycles. The maximum Gasteiger partial charge on any atom is 0.231 e. The van der Waals surface area contributed by atoms with Crippen LogP contribution in [0.3, 0.4) is 0 Å². The van der Waals surface area contributed by atoms with Crippen LogP contribution < -0.4 is 11.1 Å². The summed E-state index contributed by atoms with van der Waals surface area (Å²) >= 11 is 0. The van der Waals surface area contributed by atoms with Gasteiger partial charge in [-0.1, -0.05) is 12.8 Å². The molecule has 0 aromatic carbocycles. The Bertz CT molecular complexity index is 173. The first-order valence-corrected chi connectivity index (χ1v) is 4.87. The summed E-state index contributed by atoms with van der Waals surface area (Å²) in [6.07, 6.45) is 4.04. The predicted octanol–water partition coefficient (Wildman–Crippen LogP) is -0.388. The van der Waals surface area contributed by atoms with Gasteiger partial charge in [0.25, 0.3) is 0 Å². The van der Waals surface area contributed by atoms with Crippen molar-refractivity contribution in [2.24, 2.45) is 11.7 Å². The Kier molecular flexibility index (Phi) is 4.18. The van der Waals surface area contributed by atoms with Gasteiger partial charge in [-0.05, 0) is 18.8 Å². The lowest BCUT2D eigenvalue weighted by Crippen LogP contribution is -2.37. The van der Waals surface area contributed by atoms with Crippen molar-refractivity contribution in [3.8, 4) is 0 Å². The van der Waals surface area contributed by atoms with Crippen LogP contribution in [0.1, 0.15) is 25.7 Å². The monoisotopic (exact) mass is 186 g/mol. The molecule has 4 nitrogen and oxygen atoms in total. The van der Waals surface area contributed by atoms with Gasteiger partial charge in [-0.3, -0.25) is 4.79 Å². The Labute approximate surface area is 78.5 Å². The summed E-state index contributed by atoms with van der Waals surface area (Å²) < 4.78 is 0. The molecule has 4 heteroatoms. The van der Waals surface area contributed by atoms with Crippen LogP contribution in [0.5, 0.6) is 0 Å². The zero-order chi connectivity index (χ0) is 9.68. The first-order valence-electron chi connectivity index (χ1n) is 4.87. The highest BCUT2D eigenvalue weighted by Gasteiger charge is 2.22. The average Bonchev–Trinajstić information content (AvgIpc) is 2.08. The van der Waals surface area contributed by atoms with Crippen molar-refractivity contribution in [3.05, 3.63) is 0 Å². The lowest BCUT2D eigenvalue weighted by molar-refractivity contribution is -0.117. The average molecular weight is 186 g/mol. The minimum Gasteiger partial charge on any atom is -0.393 e. The van der Waals surface area contributed by atoms with Crippen LogP contribution in [-0.4, -0.2) is 30.2 Å². The Hall–Kier alpha value is -0.610. The first kappa shape index (κ1) is 10.5. The number of hydrogen-bond donors (Lipinski definition) is 3. The second-order valence-corrected chi connectivity index (χ2v) is 3.71. The number of nitrogens with one attached hydrogen (secondary N) is 1. The molecular weight excluding hydrogens is 168 g/mol. The summed E-state index contributed by atoms with van der Waals surface area (Å²) in [6.45, 7) is 0.910. The number of amides is 1. The number of aliphatic hydroxyl groups is 1. The zero-order valence-corrected chi connectivity index (χ0v) is 7.83. The molecule has 0 bridgehead atoms. The van der Waals surface area contributed by atoms with E-state index in [1.807, 2.05) is 0 Å². The van der Waals surface area contributed by atoms with Crippen LogP contribution in [0.2, 0.25) is 0 Å². The van der Waals surface area contributed by atoms with Crippen LogP contribution in [0.25, 0.3) is 0 Å². The van der Waals surface area contributed by atoms with E-state index in [-0.39, 0.29) is 18.6 Å². The maximum absolute atomic E-state index is 10.4. The Morgan fingerprint density at radius 2 is 2.15 bits per heavy atom. The molecule has 1 rings (SSSR count). The molecule has 2 unspecified atom stereocenters. The molecular formula is C9H18N2O2. The molecule has 0 aromatic rings. The van der Waals surface area contributed by atoms with E-state index in [0.717, 1.165) is 19.3 Å². The van der Waals surface area contributed by atoms with E-state index in [9.17, 15) is 9.90 Å². The fourth-order valence-electron chi connectivity index (χ4n) is 1.81. The fourth-order valence-corrected chi connectivity index (χ4v) is 1.81. The number of hydrogen-bond acceptors (Lipinski definition) is 3. The second kappa shape index (κ2) is 5.19. The smallest absolute Gasteiger partial charge is 0.231 e. The van der Waals surface area contributed by atoms with Gasteiger partial charge in [0.1, 0.15) is 0 Å². The summed E-state index contributed by atoms with van der Waals surface area (Å²) in [6, 6.07) is 0. The second-order valence-electron chi connectivity index (χ2n) is 3.71. The summed E-state index contributed by atoms with van der Waals surface area (Å²) in [5.74, 6) is -0.0431. The Morgan fingerprint density at radius 3 is 2.77 bits per heavy atom. The van der Waals surface area contributed by atoms with E-state index in [1.165, 1.54) is 6.42 Å². The lowest BCUT2D eigenvalue weighted by Gasteiger charge is -2.27. The Balaban J connectivity index is 2.15. The molecule has 1 fully saturated rings. The number of rotatable bonds is 4. The third kappa shape index (κ3) is 3.74. The third-order valence-electron chi connectivity index (χ3n) is 2.57. The normalized spacial score (nSPS) is 28.7. The quantitative estimate of drug-likeness (QED) is 0.560. The molecule has 0 spiro atoms. The van der Waals surface area contributed by atoms with E-state index >= 15 is 0 Å². The van der Waals surface area contributed by atoms with Gasteiger partial charge in [0.05, 0.1) is 12.6 Å². The van der Waals surface area contributed by atoms with Crippen LogP contribution in [0, 0.1) is 5.92 Å². The lowest BCUT2D eigenvalue weighted by atomic mass is 9.86. The van der Waals surface area contributed by atoms with E-state index in [1.54, 1.807) is 0 Å². The molecule has 0 radical (unpaired) electrons. The largest absolute Gasteiger partial charge is 0.393 e. The van der Waals surface area contributed by atoms with Gasteiger partial charge in [-0.15, -0.1) is 0 Å². The van der Waals surface area contributed by atoms with E-state index < -0.39 is 0 Å². The standard InChI is InChI=1S/C9H18N2O2/c10-9(13)6-11-5-7-3-1-2-4-8(7)12/h7-8,11-12H,1-6H2,(H2,10,13). The molecule has 4 N–H and O–H groups in total. The zero-order valence-electron chi connectivity index (χ0n) is 7.83. The van der Waals surface area contributed by atoms with Gasteiger partial charge >= 0.3 is 0 Å². The number of primary amides is 1. The van der Waals surface area contributed by atoms with E-state index in [2.05, 4.69) is 5.32 Å². The first-order chi connectivity index (χ1) is 6.20. The summed E-state index contributed by atoms with van der Waals surface area (Å²) in [4.78, 5) is 10.4. The minimum absolute atomic E-state index is 0.200. The molecule has 1 saturated carbocycles. The molecule has 2 atom stereocenters. The molecule has 0 aliphatic heterocycles. The van der Waals surface area contributed by atoms with Crippen molar-refractivity contribution in [3.63, 3.8) is 0 Å². The van der Waals surface area contributed by atoms with Gasteiger partial charge < -0.3 is 16.2 Å². The number of carbonyl (C=O) groups excluding carboxylic acids is 1. The van der Waals surface area contributed by atoms with Crippen molar-refractivity contribution in [1.82, 2.24) is 5.32 Å². The summed E-state index contributed by atoms with van der Waals surface area (Å²) in [7, 11) is 0. The van der Waals surface area contributed by atoms with Gasteiger partial charge in [0.2, 0.25) is 5.91 Å². The van der Waals surface area contributed by atoms with E-state index in [4.69, 9.17) is 5.73 Å². The van der Waals surface area contributed by atoms with Crippen molar-refractivity contribution in [1.29, 1.82) is 0 Å².